The molecule has 1 rings (SSSR count). The Bertz CT molecular complexity index is 366. The molecule has 1 aromatic carbocycles. The van der Waals surface area contributed by atoms with Gasteiger partial charge in [0, 0.05) is 12.2 Å². The number of nitrogens with zero attached hydrogens (tertiary/aromatic N) is 1. The molecule has 0 unspecified atom stereocenters. The molecule has 0 aliphatic rings. The minimum atomic E-state index is 0.507. The zero-order valence-corrected chi connectivity index (χ0v) is 9.80. The van der Waals surface area contributed by atoms with Crippen molar-refractivity contribution in [2.75, 3.05) is 11.9 Å². The second-order valence-corrected chi connectivity index (χ2v) is 4.32. The molecule has 0 aliphatic carbocycles. The number of nitrogens with one attached hydrogen (secondary N) is 1. The van der Waals surface area contributed by atoms with Gasteiger partial charge in [-0.1, -0.05) is 25.4 Å². The number of hydrogen-bond donors (Lipinski definition) is 1. The molecule has 0 amide bonds. The Morgan fingerprint density at radius 2 is 2.20 bits per heavy atom. The third kappa shape index (κ3) is 3.81. The molecule has 80 valence electrons. The standard InChI is InChI=1S/C12H15ClN2/c1-9(2)5-6-15-11-4-3-10(8-14)12(13)7-11/h3-4,7,9,15H,5-6H2,1-2H3. The number of nitriles is 1. The molecule has 0 heterocycles. The zero-order chi connectivity index (χ0) is 11.3. The maximum absolute atomic E-state index is 8.70. The topological polar surface area (TPSA) is 35.8 Å². The lowest BCUT2D eigenvalue weighted by atomic mass is 10.1. The van der Waals surface area contributed by atoms with E-state index >= 15 is 0 Å². The summed E-state index contributed by atoms with van der Waals surface area (Å²) in [6, 6.07) is 7.45. The average molecular weight is 223 g/mol. The normalized spacial score (nSPS) is 10.1. The number of halogens is 1. The average Bonchev–Trinajstić information content (AvgIpc) is 2.17. The summed E-state index contributed by atoms with van der Waals surface area (Å²) >= 11 is 5.91. The van der Waals surface area contributed by atoms with Crippen LogP contribution in [0.2, 0.25) is 5.02 Å². The van der Waals surface area contributed by atoms with Crippen LogP contribution in [0.1, 0.15) is 25.8 Å². The van der Waals surface area contributed by atoms with E-state index in [-0.39, 0.29) is 0 Å². The van der Waals surface area contributed by atoms with Gasteiger partial charge < -0.3 is 5.32 Å². The number of benzene rings is 1. The molecule has 3 heteroatoms. The van der Waals surface area contributed by atoms with Gasteiger partial charge in [-0.2, -0.15) is 5.26 Å². The molecule has 0 radical (unpaired) electrons. The predicted molar refractivity (Wildman–Crippen MR) is 64.1 cm³/mol. The molecule has 15 heavy (non-hydrogen) atoms. The lowest BCUT2D eigenvalue weighted by Gasteiger charge is -2.08. The molecule has 0 atom stereocenters. The van der Waals surface area contributed by atoms with Gasteiger partial charge in [0.05, 0.1) is 10.6 Å². The summed E-state index contributed by atoms with van der Waals surface area (Å²) in [6.07, 6.45) is 1.12. The van der Waals surface area contributed by atoms with Gasteiger partial charge in [0.1, 0.15) is 6.07 Å². The summed E-state index contributed by atoms with van der Waals surface area (Å²) < 4.78 is 0. The summed E-state index contributed by atoms with van der Waals surface area (Å²) in [6.45, 7) is 5.31. The molecular weight excluding hydrogens is 208 g/mol. The number of anilines is 1. The molecule has 0 saturated heterocycles. The Morgan fingerprint density at radius 3 is 2.73 bits per heavy atom. The minimum absolute atomic E-state index is 0.507. The molecule has 0 fully saturated rings. The fraction of sp³-hybridized carbons (Fsp3) is 0.417. The molecule has 0 aliphatic heterocycles. The quantitative estimate of drug-likeness (QED) is 0.844. The van der Waals surface area contributed by atoms with Crippen molar-refractivity contribution >= 4 is 17.3 Å². The Hall–Kier alpha value is -1.20. The van der Waals surface area contributed by atoms with Crippen molar-refractivity contribution in [2.24, 2.45) is 5.92 Å². The highest BCUT2D eigenvalue weighted by Crippen LogP contribution is 2.20. The van der Waals surface area contributed by atoms with E-state index in [4.69, 9.17) is 16.9 Å². The Balaban J connectivity index is 2.57. The first kappa shape index (κ1) is 11.9. The van der Waals surface area contributed by atoms with E-state index in [9.17, 15) is 0 Å². The maximum Gasteiger partial charge on any atom is 0.101 e. The van der Waals surface area contributed by atoms with Gasteiger partial charge in [0.25, 0.3) is 0 Å². The fourth-order valence-corrected chi connectivity index (χ4v) is 1.44. The van der Waals surface area contributed by atoms with Crippen LogP contribution in [0.25, 0.3) is 0 Å². The van der Waals surface area contributed by atoms with Crippen LogP contribution in [0.15, 0.2) is 18.2 Å². The Labute approximate surface area is 95.9 Å². The van der Waals surface area contributed by atoms with Crippen molar-refractivity contribution in [2.45, 2.75) is 20.3 Å². The van der Waals surface area contributed by atoms with E-state index in [2.05, 4.69) is 19.2 Å². The molecule has 0 bridgehead atoms. The van der Waals surface area contributed by atoms with Crippen LogP contribution < -0.4 is 5.32 Å². The number of hydrogen-bond acceptors (Lipinski definition) is 2. The highest BCUT2D eigenvalue weighted by Gasteiger charge is 2.00. The van der Waals surface area contributed by atoms with E-state index in [0.29, 0.717) is 16.5 Å². The lowest BCUT2D eigenvalue weighted by molar-refractivity contribution is 0.607. The van der Waals surface area contributed by atoms with Crippen molar-refractivity contribution in [1.29, 1.82) is 5.26 Å². The first-order valence-corrected chi connectivity index (χ1v) is 5.45. The van der Waals surface area contributed by atoms with Crippen LogP contribution in [0.4, 0.5) is 5.69 Å². The molecule has 1 N–H and O–H groups in total. The highest BCUT2D eigenvalue weighted by atomic mass is 35.5. The van der Waals surface area contributed by atoms with E-state index in [1.54, 1.807) is 12.1 Å². The minimum Gasteiger partial charge on any atom is -0.385 e. The number of rotatable bonds is 4. The monoisotopic (exact) mass is 222 g/mol. The Kier molecular flexibility index (Phi) is 4.45. The van der Waals surface area contributed by atoms with Gasteiger partial charge in [-0.3, -0.25) is 0 Å². The first-order chi connectivity index (χ1) is 7.13. The summed E-state index contributed by atoms with van der Waals surface area (Å²) in [4.78, 5) is 0. The molecule has 0 saturated carbocycles. The van der Waals surface area contributed by atoms with Gasteiger partial charge in [0.15, 0.2) is 0 Å². The van der Waals surface area contributed by atoms with Crippen LogP contribution in [0.3, 0.4) is 0 Å². The summed E-state index contributed by atoms with van der Waals surface area (Å²) in [7, 11) is 0. The van der Waals surface area contributed by atoms with Crippen molar-refractivity contribution in [3.05, 3.63) is 28.8 Å². The van der Waals surface area contributed by atoms with E-state index in [0.717, 1.165) is 18.7 Å². The fourth-order valence-electron chi connectivity index (χ4n) is 1.22. The van der Waals surface area contributed by atoms with Crippen LogP contribution in [0.5, 0.6) is 0 Å². The molecular formula is C12H15ClN2. The summed E-state index contributed by atoms with van der Waals surface area (Å²) in [5, 5.41) is 12.5. The van der Waals surface area contributed by atoms with Crippen molar-refractivity contribution in [3.63, 3.8) is 0 Å². The SMILES string of the molecule is CC(C)CCNc1ccc(C#N)c(Cl)c1. The van der Waals surface area contributed by atoms with Crippen LogP contribution in [-0.2, 0) is 0 Å². The molecule has 0 spiro atoms. The zero-order valence-electron chi connectivity index (χ0n) is 9.05. The van der Waals surface area contributed by atoms with Crippen molar-refractivity contribution < 1.29 is 0 Å². The van der Waals surface area contributed by atoms with E-state index in [1.807, 2.05) is 12.1 Å². The van der Waals surface area contributed by atoms with Crippen molar-refractivity contribution in [3.8, 4) is 6.07 Å². The summed E-state index contributed by atoms with van der Waals surface area (Å²) in [5.41, 5.74) is 1.49. The van der Waals surface area contributed by atoms with Gasteiger partial charge in [0.2, 0.25) is 0 Å². The van der Waals surface area contributed by atoms with Gasteiger partial charge in [-0.05, 0) is 30.5 Å². The molecule has 0 aromatic heterocycles. The van der Waals surface area contributed by atoms with Crippen LogP contribution >= 0.6 is 11.6 Å². The van der Waals surface area contributed by atoms with Crippen LogP contribution in [0, 0.1) is 17.2 Å². The van der Waals surface area contributed by atoms with Crippen LogP contribution in [-0.4, -0.2) is 6.54 Å². The third-order valence-electron chi connectivity index (χ3n) is 2.14. The van der Waals surface area contributed by atoms with Gasteiger partial charge in [-0.15, -0.1) is 0 Å². The third-order valence-corrected chi connectivity index (χ3v) is 2.45. The Morgan fingerprint density at radius 1 is 1.47 bits per heavy atom. The van der Waals surface area contributed by atoms with Gasteiger partial charge in [-0.25, -0.2) is 0 Å². The second-order valence-electron chi connectivity index (χ2n) is 3.92. The maximum atomic E-state index is 8.70. The highest BCUT2D eigenvalue weighted by molar-refractivity contribution is 6.32. The smallest absolute Gasteiger partial charge is 0.101 e. The lowest BCUT2D eigenvalue weighted by Crippen LogP contribution is -2.04. The van der Waals surface area contributed by atoms with Gasteiger partial charge >= 0.3 is 0 Å². The summed E-state index contributed by atoms with van der Waals surface area (Å²) in [5.74, 6) is 0.686. The van der Waals surface area contributed by atoms with E-state index in [1.165, 1.54) is 0 Å². The molecule has 2 nitrogen and oxygen atoms in total. The second kappa shape index (κ2) is 5.63. The first-order valence-electron chi connectivity index (χ1n) is 5.07. The van der Waals surface area contributed by atoms with Crippen molar-refractivity contribution in [1.82, 2.24) is 0 Å². The molecule has 1 aromatic rings. The van der Waals surface area contributed by atoms with E-state index < -0.39 is 0 Å². The largest absolute Gasteiger partial charge is 0.385 e. The predicted octanol–water partition coefficient (Wildman–Crippen LogP) is 3.67.